The Morgan fingerprint density at radius 3 is 2.27 bits per heavy atom. The largest absolute Gasteiger partial charge is 0.352 e. The van der Waals surface area contributed by atoms with E-state index in [9.17, 15) is 9.59 Å². The number of amides is 2. The Labute approximate surface area is 158 Å². The molecule has 136 valence electrons. The normalized spacial score (nSPS) is 19.6. The van der Waals surface area contributed by atoms with Crippen molar-refractivity contribution < 1.29 is 9.59 Å². The molecule has 1 aliphatic carbocycles. The Morgan fingerprint density at radius 1 is 1.00 bits per heavy atom. The minimum absolute atomic E-state index is 0.0153. The predicted molar refractivity (Wildman–Crippen MR) is 102 cm³/mol. The smallest absolute Gasteiger partial charge is 0.227 e. The maximum absolute atomic E-state index is 12.4. The molecule has 0 radical (unpaired) electrons. The molecule has 26 heavy (non-hydrogen) atoms. The third-order valence-electron chi connectivity index (χ3n) is 4.77. The molecule has 0 bridgehead atoms. The van der Waals surface area contributed by atoms with Crippen LogP contribution in [-0.2, 0) is 16.1 Å². The molecule has 1 heterocycles. The molecule has 0 spiro atoms. The summed E-state index contributed by atoms with van der Waals surface area (Å²) in [6, 6.07) is 10.9. The average Bonchev–Trinajstić information content (AvgIpc) is 2.69. The van der Waals surface area contributed by atoms with Crippen LogP contribution in [-0.4, -0.2) is 16.8 Å². The number of aromatic nitrogens is 1. The molecule has 1 aliphatic rings. The first-order valence-electron chi connectivity index (χ1n) is 8.85. The Bertz CT molecular complexity index is 741. The number of carbonyl (C=O) groups is 2. The van der Waals surface area contributed by atoms with Gasteiger partial charge in [0.1, 0.15) is 0 Å². The first kappa shape index (κ1) is 18.4. The van der Waals surface area contributed by atoms with E-state index in [0.29, 0.717) is 11.6 Å². The van der Waals surface area contributed by atoms with Gasteiger partial charge in [0.15, 0.2) is 0 Å². The second-order valence-corrected chi connectivity index (χ2v) is 7.06. The van der Waals surface area contributed by atoms with E-state index in [4.69, 9.17) is 11.6 Å². The van der Waals surface area contributed by atoms with Gasteiger partial charge in [-0.2, -0.15) is 0 Å². The average molecular weight is 372 g/mol. The number of halogens is 1. The van der Waals surface area contributed by atoms with E-state index >= 15 is 0 Å². The number of anilines is 1. The summed E-state index contributed by atoms with van der Waals surface area (Å²) in [6.07, 6.45) is 6.38. The van der Waals surface area contributed by atoms with Crippen LogP contribution >= 0.6 is 11.6 Å². The van der Waals surface area contributed by atoms with E-state index in [1.165, 1.54) is 0 Å². The Kier molecular flexibility index (Phi) is 6.23. The number of hydrogen-bond acceptors (Lipinski definition) is 3. The lowest BCUT2D eigenvalue weighted by atomic mass is 9.81. The Hall–Kier alpha value is -2.40. The second-order valence-electron chi connectivity index (χ2n) is 6.62. The highest BCUT2D eigenvalue weighted by atomic mass is 35.5. The second kappa shape index (κ2) is 8.81. The van der Waals surface area contributed by atoms with Gasteiger partial charge < -0.3 is 10.6 Å². The number of nitrogens with zero attached hydrogens (tertiary/aromatic N) is 1. The fourth-order valence-corrected chi connectivity index (χ4v) is 3.36. The molecule has 0 unspecified atom stereocenters. The number of carbonyl (C=O) groups excluding carboxylic acids is 2. The monoisotopic (exact) mass is 371 g/mol. The van der Waals surface area contributed by atoms with Crippen LogP contribution in [0.4, 0.5) is 5.69 Å². The summed E-state index contributed by atoms with van der Waals surface area (Å²) in [5.74, 6) is 0.00579. The van der Waals surface area contributed by atoms with Crippen LogP contribution in [0.1, 0.15) is 31.2 Å². The lowest BCUT2D eigenvalue weighted by Crippen LogP contribution is -2.35. The highest BCUT2D eigenvalue weighted by molar-refractivity contribution is 6.30. The Balaban J connectivity index is 1.43. The minimum atomic E-state index is -0.0481. The van der Waals surface area contributed by atoms with Gasteiger partial charge in [-0.1, -0.05) is 17.7 Å². The lowest BCUT2D eigenvalue weighted by Gasteiger charge is -2.27. The molecule has 1 aromatic heterocycles. The molecule has 2 aromatic rings. The van der Waals surface area contributed by atoms with Gasteiger partial charge in [0.2, 0.25) is 11.8 Å². The zero-order valence-corrected chi connectivity index (χ0v) is 15.2. The standard InChI is InChI=1S/C20H22ClN3O2/c21-17-7-9-18(10-8-17)24-20(26)16-5-3-15(4-6-16)19(25)23-13-14-2-1-11-22-12-14/h1-2,7-12,15-16H,3-6,13H2,(H,23,25)(H,24,26). The summed E-state index contributed by atoms with van der Waals surface area (Å²) >= 11 is 5.85. The molecule has 0 aliphatic heterocycles. The number of benzene rings is 1. The highest BCUT2D eigenvalue weighted by Gasteiger charge is 2.29. The van der Waals surface area contributed by atoms with Crippen molar-refractivity contribution in [3.05, 3.63) is 59.4 Å². The summed E-state index contributed by atoms with van der Waals surface area (Å²) in [4.78, 5) is 28.8. The van der Waals surface area contributed by atoms with E-state index in [2.05, 4.69) is 15.6 Å². The van der Waals surface area contributed by atoms with Gasteiger partial charge in [-0.15, -0.1) is 0 Å². The van der Waals surface area contributed by atoms with Crippen LogP contribution in [0.2, 0.25) is 5.02 Å². The molecule has 6 heteroatoms. The van der Waals surface area contributed by atoms with Crippen molar-refractivity contribution in [1.29, 1.82) is 0 Å². The van der Waals surface area contributed by atoms with Crippen LogP contribution in [0.15, 0.2) is 48.8 Å². The van der Waals surface area contributed by atoms with Crippen molar-refractivity contribution in [1.82, 2.24) is 10.3 Å². The van der Waals surface area contributed by atoms with Gasteiger partial charge in [0.05, 0.1) is 0 Å². The maximum Gasteiger partial charge on any atom is 0.227 e. The quantitative estimate of drug-likeness (QED) is 0.839. The number of rotatable bonds is 5. The lowest BCUT2D eigenvalue weighted by molar-refractivity contribution is -0.128. The van der Waals surface area contributed by atoms with Crippen molar-refractivity contribution in [3.8, 4) is 0 Å². The summed E-state index contributed by atoms with van der Waals surface area (Å²) in [5, 5.41) is 6.53. The zero-order chi connectivity index (χ0) is 18.4. The summed E-state index contributed by atoms with van der Waals surface area (Å²) in [5.41, 5.74) is 1.73. The van der Waals surface area contributed by atoms with Crippen LogP contribution in [0.25, 0.3) is 0 Å². The molecule has 2 N–H and O–H groups in total. The van der Waals surface area contributed by atoms with Gasteiger partial charge in [-0.05, 0) is 61.6 Å². The van der Waals surface area contributed by atoms with Crippen molar-refractivity contribution in [3.63, 3.8) is 0 Å². The van der Waals surface area contributed by atoms with Crippen LogP contribution in [0.5, 0.6) is 0 Å². The third-order valence-corrected chi connectivity index (χ3v) is 5.02. The molecule has 0 atom stereocenters. The maximum atomic E-state index is 12.4. The van der Waals surface area contributed by atoms with Crippen LogP contribution in [0.3, 0.4) is 0 Å². The summed E-state index contributed by atoms with van der Waals surface area (Å²) < 4.78 is 0. The van der Waals surface area contributed by atoms with Crippen molar-refractivity contribution >= 4 is 29.1 Å². The molecule has 1 fully saturated rings. The SMILES string of the molecule is O=C(NCc1cccnc1)C1CCC(C(=O)Nc2ccc(Cl)cc2)CC1. The van der Waals surface area contributed by atoms with E-state index in [1.54, 1.807) is 36.7 Å². The van der Waals surface area contributed by atoms with E-state index in [0.717, 1.165) is 36.9 Å². The van der Waals surface area contributed by atoms with E-state index in [-0.39, 0.29) is 23.7 Å². The number of nitrogens with one attached hydrogen (secondary N) is 2. The van der Waals surface area contributed by atoms with Gasteiger partial charge in [-0.3, -0.25) is 14.6 Å². The zero-order valence-electron chi connectivity index (χ0n) is 14.5. The molecule has 1 aromatic carbocycles. The van der Waals surface area contributed by atoms with E-state index in [1.807, 2.05) is 12.1 Å². The van der Waals surface area contributed by atoms with Crippen molar-refractivity contribution in [2.45, 2.75) is 32.2 Å². The fourth-order valence-electron chi connectivity index (χ4n) is 3.23. The number of pyridine rings is 1. The molecular formula is C20H22ClN3O2. The van der Waals surface area contributed by atoms with Gasteiger partial charge in [0, 0.05) is 41.5 Å². The van der Waals surface area contributed by atoms with Crippen molar-refractivity contribution in [2.75, 3.05) is 5.32 Å². The van der Waals surface area contributed by atoms with Gasteiger partial charge in [0.25, 0.3) is 0 Å². The first-order chi connectivity index (χ1) is 12.6. The number of hydrogen-bond donors (Lipinski definition) is 2. The molecule has 5 nitrogen and oxygen atoms in total. The predicted octanol–water partition coefficient (Wildman–Crippen LogP) is 3.80. The topological polar surface area (TPSA) is 71.1 Å². The summed E-state index contributed by atoms with van der Waals surface area (Å²) in [7, 11) is 0. The molecular weight excluding hydrogens is 350 g/mol. The molecule has 1 saturated carbocycles. The Morgan fingerprint density at radius 2 is 1.65 bits per heavy atom. The van der Waals surface area contributed by atoms with Gasteiger partial charge >= 0.3 is 0 Å². The summed E-state index contributed by atoms with van der Waals surface area (Å²) in [6.45, 7) is 0.490. The van der Waals surface area contributed by atoms with Crippen molar-refractivity contribution in [2.24, 2.45) is 11.8 Å². The van der Waals surface area contributed by atoms with Crippen LogP contribution in [0, 0.1) is 11.8 Å². The molecule has 0 saturated heterocycles. The third kappa shape index (κ3) is 5.05. The van der Waals surface area contributed by atoms with Crippen LogP contribution < -0.4 is 10.6 Å². The molecule has 3 rings (SSSR count). The van der Waals surface area contributed by atoms with E-state index < -0.39 is 0 Å². The van der Waals surface area contributed by atoms with Gasteiger partial charge in [-0.25, -0.2) is 0 Å². The minimum Gasteiger partial charge on any atom is -0.352 e. The fraction of sp³-hybridized carbons (Fsp3) is 0.350. The first-order valence-corrected chi connectivity index (χ1v) is 9.22. The highest BCUT2D eigenvalue weighted by Crippen LogP contribution is 2.30. The molecule has 2 amide bonds.